The van der Waals surface area contributed by atoms with E-state index in [9.17, 15) is 31.1 Å². The van der Waals surface area contributed by atoms with Crippen molar-refractivity contribution in [3.63, 3.8) is 0 Å². The second kappa shape index (κ2) is 8.44. The quantitative estimate of drug-likeness (QED) is 0.357. The van der Waals surface area contributed by atoms with E-state index in [0.717, 1.165) is 17.2 Å². The van der Waals surface area contributed by atoms with Crippen LogP contribution in [0.2, 0.25) is 0 Å². The van der Waals surface area contributed by atoms with E-state index in [-0.39, 0.29) is 11.6 Å². The van der Waals surface area contributed by atoms with Crippen LogP contribution >= 0.6 is 0 Å². The van der Waals surface area contributed by atoms with Crippen molar-refractivity contribution in [2.75, 3.05) is 6.54 Å². The summed E-state index contributed by atoms with van der Waals surface area (Å²) in [4.78, 5) is 5.99. The van der Waals surface area contributed by atoms with Crippen molar-refractivity contribution in [3.05, 3.63) is 47.0 Å². The SMILES string of the molecule is CCC(ON1CCc2cccc3c2C1Cc1ccc(OS(=O)(=O)C(F)(F)F)c(O)c1-3)C(C)F. The summed E-state index contributed by atoms with van der Waals surface area (Å²) in [7, 11) is -5.95. The van der Waals surface area contributed by atoms with Crippen molar-refractivity contribution in [1.29, 1.82) is 0 Å². The molecule has 180 valence electrons. The van der Waals surface area contributed by atoms with E-state index in [2.05, 4.69) is 4.18 Å². The molecule has 33 heavy (non-hydrogen) atoms. The summed E-state index contributed by atoms with van der Waals surface area (Å²) in [6.45, 7) is 3.79. The maximum atomic E-state index is 14.0. The van der Waals surface area contributed by atoms with Gasteiger partial charge in [-0.1, -0.05) is 31.2 Å². The summed E-state index contributed by atoms with van der Waals surface area (Å²) in [5, 5.41) is 12.5. The summed E-state index contributed by atoms with van der Waals surface area (Å²) < 4.78 is 79.4. The minimum absolute atomic E-state index is 0.214. The first-order valence-corrected chi connectivity index (χ1v) is 11.9. The maximum Gasteiger partial charge on any atom is 0.534 e. The number of benzene rings is 2. The number of hydrogen-bond acceptors (Lipinski definition) is 6. The fraction of sp³-hybridized carbons (Fsp3) is 0.455. The lowest BCUT2D eigenvalue weighted by Gasteiger charge is -2.42. The molecule has 0 saturated heterocycles. The fourth-order valence-electron chi connectivity index (χ4n) is 4.49. The Morgan fingerprint density at radius 1 is 1.21 bits per heavy atom. The summed E-state index contributed by atoms with van der Waals surface area (Å²) in [6.07, 6.45) is -0.415. The molecule has 0 spiro atoms. The van der Waals surface area contributed by atoms with E-state index < -0.39 is 39.4 Å². The van der Waals surface area contributed by atoms with Crippen LogP contribution in [0.25, 0.3) is 11.1 Å². The molecule has 2 aliphatic rings. The molecule has 0 saturated carbocycles. The molecule has 6 nitrogen and oxygen atoms in total. The highest BCUT2D eigenvalue weighted by Crippen LogP contribution is 2.51. The number of alkyl halides is 4. The van der Waals surface area contributed by atoms with Crippen molar-refractivity contribution >= 4 is 10.1 Å². The first kappa shape index (κ1) is 23.8. The molecule has 11 heteroatoms. The Morgan fingerprint density at radius 2 is 1.94 bits per heavy atom. The van der Waals surface area contributed by atoms with E-state index in [1.54, 1.807) is 17.2 Å². The first-order chi connectivity index (χ1) is 15.4. The molecule has 1 heterocycles. The molecule has 2 aromatic rings. The Balaban J connectivity index is 1.77. The number of rotatable bonds is 6. The third-order valence-corrected chi connectivity index (χ3v) is 7.02. The van der Waals surface area contributed by atoms with E-state index in [0.29, 0.717) is 36.9 Å². The van der Waals surface area contributed by atoms with Crippen molar-refractivity contribution in [1.82, 2.24) is 5.06 Å². The van der Waals surface area contributed by atoms with Crippen LogP contribution in [-0.2, 0) is 27.8 Å². The molecule has 3 unspecified atom stereocenters. The summed E-state index contributed by atoms with van der Waals surface area (Å²) in [5.74, 6) is -1.49. The lowest BCUT2D eigenvalue weighted by Crippen LogP contribution is -2.42. The minimum Gasteiger partial charge on any atom is -0.504 e. The fourth-order valence-corrected chi connectivity index (χ4v) is 4.95. The molecule has 4 rings (SSSR count). The average Bonchev–Trinajstić information content (AvgIpc) is 2.74. The van der Waals surface area contributed by atoms with Gasteiger partial charge in [0.1, 0.15) is 12.3 Å². The van der Waals surface area contributed by atoms with Crippen LogP contribution in [0.5, 0.6) is 11.5 Å². The molecule has 0 aromatic heterocycles. The molecule has 1 N–H and O–H groups in total. The Bertz CT molecular complexity index is 1170. The highest BCUT2D eigenvalue weighted by atomic mass is 32.2. The average molecular weight is 489 g/mol. The molecule has 1 aliphatic carbocycles. The van der Waals surface area contributed by atoms with Gasteiger partial charge in [0, 0.05) is 12.1 Å². The van der Waals surface area contributed by atoms with Gasteiger partial charge in [-0.3, -0.25) is 4.84 Å². The zero-order valence-electron chi connectivity index (χ0n) is 17.9. The van der Waals surface area contributed by atoms with Crippen molar-refractivity contribution < 1.29 is 40.1 Å². The molecular weight excluding hydrogens is 466 g/mol. The topological polar surface area (TPSA) is 76.1 Å². The standard InChI is InChI=1S/C22H23F4NO5S/c1-3-17(12(2)23)31-27-10-9-13-5-4-6-15-19(13)16(27)11-14-7-8-18(21(28)20(14)15)32-33(29,30)22(24,25)26/h4-8,12,16-17,28H,3,9-11H2,1-2H3. The van der Waals surface area contributed by atoms with Crippen LogP contribution in [0.15, 0.2) is 30.3 Å². The van der Waals surface area contributed by atoms with Gasteiger partial charge < -0.3 is 9.29 Å². The Morgan fingerprint density at radius 3 is 2.58 bits per heavy atom. The zero-order chi connectivity index (χ0) is 24.1. The van der Waals surface area contributed by atoms with Crippen molar-refractivity contribution in [2.45, 2.75) is 56.9 Å². The monoisotopic (exact) mass is 489 g/mol. The minimum atomic E-state index is -5.95. The van der Waals surface area contributed by atoms with E-state index in [4.69, 9.17) is 4.84 Å². The van der Waals surface area contributed by atoms with Crippen LogP contribution in [0, 0.1) is 0 Å². The van der Waals surface area contributed by atoms with Gasteiger partial charge in [-0.05, 0) is 54.5 Å². The number of hydroxylamine groups is 2. The predicted molar refractivity (Wildman–Crippen MR) is 112 cm³/mol. The van der Waals surface area contributed by atoms with Gasteiger partial charge in [0.05, 0.1) is 6.04 Å². The second-order valence-electron chi connectivity index (χ2n) is 8.15. The lowest BCUT2D eigenvalue weighted by atomic mass is 9.77. The van der Waals surface area contributed by atoms with E-state index in [1.165, 1.54) is 13.0 Å². The van der Waals surface area contributed by atoms with Crippen molar-refractivity contribution in [2.24, 2.45) is 0 Å². The third-order valence-electron chi connectivity index (χ3n) is 6.06. The van der Waals surface area contributed by atoms with Gasteiger partial charge in [0.15, 0.2) is 11.5 Å². The number of phenolic OH excluding ortho intramolecular Hbond substituents is 1. The molecule has 2 aromatic carbocycles. The number of nitrogens with zero attached hydrogens (tertiary/aromatic N) is 1. The van der Waals surface area contributed by atoms with Crippen LogP contribution in [0.1, 0.15) is 43.0 Å². The number of hydrogen-bond donors (Lipinski definition) is 1. The van der Waals surface area contributed by atoms with Crippen LogP contribution < -0.4 is 4.18 Å². The predicted octanol–water partition coefficient (Wildman–Crippen LogP) is 4.81. The summed E-state index contributed by atoms with van der Waals surface area (Å²) >= 11 is 0. The summed E-state index contributed by atoms with van der Waals surface area (Å²) in [6, 6.07) is 7.50. The number of fused-ring (bicyclic) bond motifs is 2. The molecular formula is C22H23F4NO5S. The number of halogens is 4. The zero-order valence-corrected chi connectivity index (χ0v) is 18.7. The first-order valence-electron chi connectivity index (χ1n) is 10.5. The normalized spacial score (nSPS) is 20.0. The largest absolute Gasteiger partial charge is 0.534 e. The number of aromatic hydroxyl groups is 1. The van der Waals surface area contributed by atoms with Crippen LogP contribution in [-0.4, -0.2) is 42.9 Å². The van der Waals surface area contributed by atoms with Gasteiger partial charge in [-0.2, -0.15) is 26.7 Å². The lowest BCUT2D eigenvalue weighted by molar-refractivity contribution is -0.239. The van der Waals surface area contributed by atoms with Gasteiger partial charge in [-0.25, -0.2) is 4.39 Å². The molecule has 0 radical (unpaired) electrons. The van der Waals surface area contributed by atoms with E-state index >= 15 is 0 Å². The van der Waals surface area contributed by atoms with Gasteiger partial charge in [0.25, 0.3) is 0 Å². The number of phenols is 1. The van der Waals surface area contributed by atoms with Gasteiger partial charge >= 0.3 is 15.6 Å². The Labute approximate surface area is 188 Å². The second-order valence-corrected chi connectivity index (χ2v) is 9.69. The van der Waals surface area contributed by atoms with E-state index in [1.807, 2.05) is 13.0 Å². The van der Waals surface area contributed by atoms with Crippen LogP contribution in [0.4, 0.5) is 17.6 Å². The smallest absolute Gasteiger partial charge is 0.504 e. The van der Waals surface area contributed by atoms with Crippen LogP contribution in [0.3, 0.4) is 0 Å². The molecule has 3 atom stereocenters. The van der Waals surface area contributed by atoms with Gasteiger partial charge in [-0.15, -0.1) is 0 Å². The maximum absolute atomic E-state index is 14.0. The molecule has 0 bridgehead atoms. The molecule has 0 amide bonds. The molecule has 0 fully saturated rings. The molecule has 1 aliphatic heterocycles. The summed E-state index contributed by atoms with van der Waals surface area (Å²) in [5.41, 5.74) is -2.52. The highest BCUT2D eigenvalue weighted by molar-refractivity contribution is 7.88. The highest BCUT2D eigenvalue weighted by Gasteiger charge is 2.49. The van der Waals surface area contributed by atoms with Crippen molar-refractivity contribution in [3.8, 4) is 22.6 Å². The third kappa shape index (κ3) is 4.17. The van der Waals surface area contributed by atoms with Gasteiger partial charge in [0.2, 0.25) is 0 Å². The Kier molecular flexibility index (Phi) is 6.08. The Hall–Kier alpha value is -2.37.